The average Bonchev–Trinajstić information content (AvgIpc) is 2.44. The molecule has 106 valence electrons. The molecule has 1 amide bonds. The highest BCUT2D eigenvalue weighted by atomic mass is 79.9. The van der Waals surface area contributed by atoms with Crippen molar-refractivity contribution in [3.63, 3.8) is 0 Å². The second kappa shape index (κ2) is 7.64. The molecular weight excluding hydrogens is 442 g/mol. The van der Waals surface area contributed by atoms with Gasteiger partial charge in [-0.2, -0.15) is 0 Å². The van der Waals surface area contributed by atoms with Gasteiger partial charge in [-0.25, -0.2) is 0 Å². The molecule has 0 unspecified atom stereocenters. The van der Waals surface area contributed by atoms with E-state index in [4.69, 9.17) is 4.74 Å². The Morgan fingerprint density at radius 3 is 2.47 bits per heavy atom. The summed E-state index contributed by atoms with van der Waals surface area (Å²) in [6.45, 7) is 2.04. The van der Waals surface area contributed by atoms with Crippen LogP contribution in [0.4, 0.5) is 0 Å². The molecule has 0 aromatic heterocycles. The molecule has 0 heterocycles. The third-order valence-corrected chi connectivity index (χ3v) is 5.62. The zero-order valence-corrected chi connectivity index (χ0v) is 15.6. The van der Waals surface area contributed by atoms with Crippen molar-refractivity contribution in [2.75, 3.05) is 17.8 Å². The van der Waals surface area contributed by atoms with Crippen molar-refractivity contribution in [2.24, 2.45) is 0 Å². The van der Waals surface area contributed by atoms with Gasteiger partial charge in [0.05, 0.1) is 18.2 Å². The van der Waals surface area contributed by atoms with E-state index in [-0.39, 0.29) is 11.4 Å². The summed E-state index contributed by atoms with van der Waals surface area (Å²) in [6.07, 6.45) is 0.827. The van der Waals surface area contributed by atoms with Crippen molar-refractivity contribution < 1.29 is 9.53 Å². The Kier molecular flexibility index (Phi) is 6.83. The number of methoxy groups -OCH3 is 1. The molecule has 19 heavy (non-hydrogen) atoms. The minimum absolute atomic E-state index is 0.134. The monoisotopic (exact) mass is 455 g/mol. The van der Waals surface area contributed by atoms with E-state index in [1.807, 2.05) is 13.0 Å². The minimum atomic E-state index is -0.296. The Labute approximate surface area is 138 Å². The predicted octanol–water partition coefficient (Wildman–Crippen LogP) is 4.13. The number of hydrogen-bond acceptors (Lipinski definition) is 2. The lowest BCUT2D eigenvalue weighted by molar-refractivity contribution is 0.0912. The summed E-state index contributed by atoms with van der Waals surface area (Å²) in [7, 11) is 1.56. The normalized spacial score (nSPS) is 11.2. The van der Waals surface area contributed by atoms with Crippen molar-refractivity contribution in [1.29, 1.82) is 0 Å². The van der Waals surface area contributed by atoms with Crippen molar-refractivity contribution in [3.8, 4) is 5.75 Å². The molecule has 0 spiro atoms. The fourth-order valence-electron chi connectivity index (χ4n) is 1.54. The number of nitrogens with one attached hydrogen (secondary N) is 1. The lowest BCUT2D eigenvalue weighted by Crippen LogP contribution is -2.51. The first-order valence-electron chi connectivity index (χ1n) is 5.80. The fourth-order valence-corrected chi connectivity index (χ4v) is 3.88. The molecule has 0 saturated heterocycles. The molecule has 1 rings (SSSR count). The van der Waals surface area contributed by atoms with E-state index in [2.05, 4.69) is 53.1 Å². The summed E-state index contributed by atoms with van der Waals surface area (Å²) in [5.41, 5.74) is 0.236. The van der Waals surface area contributed by atoms with E-state index in [1.54, 1.807) is 19.2 Å². The number of ether oxygens (including phenoxy) is 1. The summed E-state index contributed by atoms with van der Waals surface area (Å²) in [6, 6.07) is 5.36. The van der Waals surface area contributed by atoms with Crippen LogP contribution in [0.15, 0.2) is 22.7 Å². The summed E-state index contributed by atoms with van der Waals surface area (Å²) < 4.78 is 6.13. The van der Waals surface area contributed by atoms with Crippen LogP contribution < -0.4 is 10.1 Å². The summed E-state index contributed by atoms with van der Waals surface area (Å²) in [5.74, 6) is 0.422. The zero-order chi connectivity index (χ0) is 14.5. The number of carbonyl (C=O) groups excluding carboxylic acids is 1. The lowest BCUT2D eigenvalue weighted by Gasteiger charge is -2.30. The van der Waals surface area contributed by atoms with Crippen molar-refractivity contribution in [2.45, 2.75) is 18.9 Å². The Hall–Kier alpha value is -0.0700. The van der Waals surface area contributed by atoms with Crippen LogP contribution in [0.25, 0.3) is 0 Å². The van der Waals surface area contributed by atoms with Crippen LogP contribution in [0.2, 0.25) is 0 Å². The van der Waals surface area contributed by atoms with Gasteiger partial charge in [-0.3, -0.25) is 4.79 Å². The van der Waals surface area contributed by atoms with Gasteiger partial charge in [0.25, 0.3) is 5.91 Å². The maximum atomic E-state index is 12.4. The SMILES string of the molecule is CCC(CBr)(CBr)NC(=O)c1ccc(Br)cc1OC. The number of alkyl halides is 2. The molecule has 0 bridgehead atoms. The second-order valence-electron chi connectivity index (χ2n) is 4.20. The van der Waals surface area contributed by atoms with Crippen LogP contribution in [0.1, 0.15) is 23.7 Å². The molecule has 0 radical (unpaired) electrons. The molecule has 3 nitrogen and oxygen atoms in total. The lowest BCUT2D eigenvalue weighted by atomic mass is 10.0. The Morgan fingerprint density at radius 2 is 2.00 bits per heavy atom. The van der Waals surface area contributed by atoms with Crippen molar-refractivity contribution >= 4 is 53.7 Å². The first kappa shape index (κ1) is 17.0. The van der Waals surface area contributed by atoms with Crippen molar-refractivity contribution in [3.05, 3.63) is 28.2 Å². The third-order valence-electron chi connectivity index (χ3n) is 2.98. The molecule has 1 N–H and O–H groups in total. The maximum Gasteiger partial charge on any atom is 0.255 e. The van der Waals surface area contributed by atoms with Gasteiger partial charge in [0.2, 0.25) is 0 Å². The standard InChI is InChI=1S/C13H16Br3NO2/c1-3-13(7-14,8-15)17-12(18)10-5-4-9(16)6-11(10)19-2/h4-6H,3,7-8H2,1-2H3,(H,17,18). The molecule has 0 aliphatic rings. The van der Waals surface area contributed by atoms with Crippen LogP contribution in [0, 0.1) is 0 Å². The Bertz CT molecular complexity index is 439. The molecule has 1 aromatic carbocycles. The van der Waals surface area contributed by atoms with E-state index >= 15 is 0 Å². The van der Waals surface area contributed by atoms with Crippen molar-refractivity contribution in [1.82, 2.24) is 5.32 Å². The van der Waals surface area contributed by atoms with Gasteiger partial charge in [0.1, 0.15) is 5.75 Å². The topological polar surface area (TPSA) is 38.3 Å². The van der Waals surface area contributed by atoms with E-state index in [0.717, 1.165) is 10.9 Å². The van der Waals surface area contributed by atoms with Crippen LogP contribution in [0.5, 0.6) is 5.75 Å². The van der Waals surface area contributed by atoms with Gasteiger partial charge < -0.3 is 10.1 Å². The van der Waals surface area contributed by atoms with Gasteiger partial charge in [-0.05, 0) is 24.6 Å². The van der Waals surface area contributed by atoms with E-state index in [1.165, 1.54) is 0 Å². The van der Waals surface area contributed by atoms with Gasteiger partial charge in [-0.1, -0.05) is 54.7 Å². The second-order valence-corrected chi connectivity index (χ2v) is 6.24. The fraction of sp³-hybridized carbons (Fsp3) is 0.462. The van der Waals surface area contributed by atoms with E-state index in [0.29, 0.717) is 22.0 Å². The Balaban J connectivity index is 3.01. The predicted molar refractivity (Wildman–Crippen MR) is 88.8 cm³/mol. The van der Waals surface area contributed by atoms with Gasteiger partial charge >= 0.3 is 0 Å². The third kappa shape index (κ3) is 4.20. The van der Waals surface area contributed by atoms with Gasteiger partial charge in [-0.15, -0.1) is 0 Å². The summed E-state index contributed by atoms with van der Waals surface area (Å²) in [4.78, 5) is 12.4. The van der Waals surface area contributed by atoms with Crippen LogP contribution >= 0.6 is 47.8 Å². The highest BCUT2D eigenvalue weighted by Gasteiger charge is 2.29. The largest absolute Gasteiger partial charge is 0.496 e. The smallest absolute Gasteiger partial charge is 0.255 e. The van der Waals surface area contributed by atoms with E-state index in [9.17, 15) is 4.79 Å². The first-order chi connectivity index (χ1) is 9.01. The quantitative estimate of drug-likeness (QED) is 0.652. The number of hydrogen-bond donors (Lipinski definition) is 1. The summed E-state index contributed by atoms with van der Waals surface area (Å²) >= 11 is 10.3. The van der Waals surface area contributed by atoms with Crippen LogP contribution in [0.3, 0.4) is 0 Å². The molecule has 1 aromatic rings. The van der Waals surface area contributed by atoms with E-state index < -0.39 is 0 Å². The minimum Gasteiger partial charge on any atom is -0.496 e. The number of benzene rings is 1. The molecule has 6 heteroatoms. The van der Waals surface area contributed by atoms with Gasteiger partial charge in [0.15, 0.2) is 0 Å². The number of carbonyl (C=O) groups is 1. The number of rotatable bonds is 6. The molecule has 0 fully saturated rings. The molecule has 0 aliphatic carbocycles. The number of amides is 1. The molecule has 0 saturated carbocycles. The number of halogens is 3. The zero-order valence-electron chi connectivity index (χ0n) is 10.8. The van der Waals surface area contributed by atoms with Gasteiger partial charge in [0, 0.05) is 15.1 Å². The average molecular weight is 458 g/mol. The highest BCUT2D eigenvalue weighted by molar-refractivity contribution is 9.10. The Morgan fingerprint density at radius 1 is 1.37 bits per heavy atom. The van der Waals surface area contributed by atoms with Crippen LogP contribution in [-0.4, -0.2) is 29.2 Å². The molecule has 0 aliphatic heterocycles. The summed E-state index contributed by atoms with van der Waals surface area (Å²) in [5, 5.41) is 4.44. The molecular formula is C13H16Br3NO2. The highest BCUT2D eigenvalue weighted by Crippen LogP contribution is 2.25. The molecule has 0 atom stereocenters. The maximum absolute atomic E-state index is 12.4. The first-order valence-corrected chi connectivity index (χ1v) is 8.83. The van der Waals surface area contributed by atoms with Crippen LogP contribution in [-0.2, 0) is 0 Å².